The highest BCUT2D eigenvalue weighted by molar-refractivity contribution is 5.67. The van der Waals surface area contributed by atoms with Gasteiger partial charge in [0.15, 0.2) is 0 Å². The van der Waals surface area contributed by atoms with E-state index in [0.717, 1.165) is 24.2 Å². The van der Waals surface area contributed by atoms with Crippen molar-refractivity contribution in [3.8, 4) is 11.3 Å². The molecule has 136 valence electrons. The Morgan fingerprint density at radius 3 is 2.60 bits per heavy atom. The molecule has 0 aliphatic rings. The molecule has 1 aromatic heterocycles. The first-order valence-electron chi connectivity index (χ1n) is 8.90. The Hall–Kier alpha value is -2.23. The minimum absolute atomic E-state index is 0.367. The summed E-state index contributed by atoms with van der Waals surface area (Å²) in [5.41, 5.74) is 3.18. The van der Waals surface area contributed by atoms with Gasteiger partial charge >= 0.3 is 6.09 Å². The molecule has 25 heavy (non-hydrogen) atoms. The summed E-state index contributed by atoms with van der Waals surface area (Å²) < 4.78 is 10.9. The SMILES string of the molecule is CC(C)c1ccc(CCCNC(=O)OC(C)(C)C)c(-c2ccco2)c1. The third-order valence-corrected chi connectivity index (χ3v) is 3.88. The highest BCUT2D eigenvalue weighted by Crippen LogP contribution is 2.29. The number of carbonyl (C=O) groups excluding carboxylic acids is 1. The molecule has 1 N–H and O–H groups in total. The van der Waals surface area contributed by atoms with Crippen LogP contribution >= 0.6 is 0 Å². The maximum Gasteiger partial charge on any atom is 0.407 e. The van der Waals surface area contributed by atoms with Crippen LogP contribution in [0.2, 0.25) is 0 Å². The number of amides is 1. The quantitative estimate of drug-likeness (QED) is 0.702. The zero-order chi connectivity index (χ0) is 18.4. The predicted molar refractivity (Wildman–Crippen MR) is 101 cm³/mol. The smallest absolute Gasteiger partial charge is 0.407 e. The average Bonchev–Trinajstić information content (AvgIpc) is 3.04. The van der Waals surface area contributed by atoms with Crippen LogP contribution in [0.5, 0.6) is 0 Å². The van der Waals surface area contributed by atoms with Crippen LogP contribution in [-0.4, -0.2) is 18.2 Å². The van der Waals surface area contributed by atoms with Crippen molar-refractivity contribution in [3.05, 3.63) is 47.7 Å². The molecule has 4 nitrogen and oxygen atoms in total. The monoisotopic (exact) mass is 343 g/mol. The molecule has 1 heterocycles. The van der Waals surface area contributed by atoms with Gasteiger partial charge in [0.2, 0.25) is 0 Å². The van der Waals surface area contributed by atoms with Gasteiger partial charge in [-0.15, -0.1) is 0 Å². The second-order valence-corrected chi connectivity index (χ2v) is 7.58. The number of hydrogen-bond donors (Lipinski definition) is 1. The van der Waals surface area contributed by atoms with Crippen molar-refractivity contribution < 1.29 is 13.9 Å². The first-order valence-corrected chi connectivity index (χ1v) is 8.90. The molecule has 0 aliphatic carbocycles. The minimum atomic E-state index is -0.469. The lowest BCUT2D eigenvalue weighted by molar-refractivity contribution is 0.0527. The maximum atomic E-state index is 11.7. The van der Waals surface area contributed by atoms with Crippen LogP contribution in [0.1, 0.15) is 58.1 Å². The lowest BCUT2D eigenvalue weighted by Crippen LogP contribution is -2.33. The predicted octanol–water partition coefficient (Wildman–Crippen LogP) is 5.53. The van der Waals surface area contributed by atoms with Crippen molar-refractivity contribution >= 4 is 6.09 Å². The molecule has 1 aromatic carbocycles. The van der Waals surface area contributed by atoms with Crippen molar-refractivity contribution in [1.29, 1.82) is 0 Å². The van der Waals surface area contributed by atoms with Crippen LogP contribution < -0.4 is 5.32 Å². The standard InChI is InChI=1S/C21H29NO3/c1-15(2)17-11-10-16(18(14-17)19-9-7-13-24-19)8-6-12-22-20(23)25-21(3,4)5/h7,9-11,13-15H,6,8,12H2,1-5H3,(H,22,23). The van der Waals surface area contributed by atoms with E-state index in [1.165, 1.54) is 11.1 Å². The molecule has 0 spiro atoms. The van der Waals surface area contributed by atoms with E-state index in [2.05, 4.69) is 37.4 Å². The molecule has 2 aromatic rings. The number of nitrogens with one attached hydrogen (secondary N) is 1. The molecule has 0 fully saturated rings. The molecule has 0 saturated carbocycles. The Bertz CT molecular complexity index is 682. The van der Waals surface area contributed by atoms with Gasteiger partial charge < -0.3 is 14.5 Å². The van der Waals surface area contributed by atoms with Crippen LogP contribution in [0.15, 0.2) is 41.0 Å². The summed E-state index contributed by atoms with van der Waals surface area (Å²) in [6.07, 6.45) is 3.04. The van der Waals surface area contributed by atoms with E-state index < -0.39 is 5.60 Å². The van der Waals surface area contributed by atoms with E-state index >= 15 is 0 Å². The lowest BCUT2D eigenvalue weighted by Gasteiger charge is -2.19. The number of rotatable bonds is 6. The molecular weight excluding hydrogens is 314 g/mol. The molecule has 4 heteroatoms. The van der Waals surface area contributed by atoms with Crippen molar-refractivity contribution in [2.75, 3.05) is 6.54 Å². The second-order valence-electron chi connectivity index (χ2n) is 7.58. The van der Waals surface area contributed by atoms with E-state index in [1.807, 2.05) is 32.9 Å². The van der Waals surface area contributed by atoms with E-state index in [0.29, 0.717) is 12.5 Å². The Morgan fingerprint density at radius 2 is 2.00 bits per heavy atom. The summed E-state index contributed by atoms with van der Waals surface area (Å²) in [6, 6.07) is 10.4. The number of hydrogen-bond acceptors (Lipinski definition) is 3. The fourth-order valence-electron chi connectivity index (χ4n) is 2.62. The Kier molecular flexibility index (Phi) is 6.29. The van der Waals surface area contributed by atoms with Crippen LogP contribution in [0, 0.1) is 0 Å². The van der Waals surface area contributed by atoms with Crippen LogP contribution in [0.3, 0.4) is 0 Å². The molecule has 0 radical (unpaired) electrons. The number of alkyl carbamates (subject to hydrolysis) is 1. The summed E-state index contributed by atoms with van der Waals surface area (Å²) in [7, 11) is 0. The fourth-order valence-corrected chi connectivity index (χ4v) is 2.62. The highest BCUT2D eigenvalue weighted by Gasteiger charge is 2.15. The Morgan fingerprint density at radius 1 is 1.24 bits per heavy atom. The topological polar surface area (TPSA) is 51.5 Å². The zero-order valence-corrected chi connectivity index (χ0v) is 15.9. The van der Waals surface area contributed by atoms with E-state index in [-0.39, 0.29) is 6.09 Å². The summed E-state index contributed by atoms with van der Waals surface area (Å²) in [4.78, 5) is 11.7. The van der Waals surface area contributed by atoms with E-state index in [9.17, 15) is 4.79 Å². The van der Waals surface area contributed by atoms with Gasteiger partial charge in [0.1, 0.15) is 11.4 Å². The molecule has 0 atom stereocenters. The number of furan rings is 1. The molecule has 0 aliphatic heterocycles. The normalized spacial score (nSPS) is 11.6. The first kappa shape index (κ1) is 19.1. The molecule has 1 amide bonds. The minimum Gasteiger partial charge on any atom is -0.464 e. The van der Waals surface area contributed by atoms with Crippen molar-refractivity contribution in [3.63, 3.8) is 0 Å². The van der Waals surface area contributed by atoms with Crippen LogP contribution in [0.25, 0.3) is 11.3 Å². The largest absolute Gasteiger partial charge is 0.464 e. The molecular formula is C21H29NO3. The Balaban J connectivity index is 1.99. The fraction of sp³-hybridized carbons (Fsp3) is 0.476. The summed E-state index contributed by atoms with van der Waals surface area (Å²) in [5, 5.41) is 2.81. The Labute approximate surface area is 150 Å². The number of aryl methyl sites for hydroxylation is 1. The molecule has 0 bridgehead atoms. The zero-order valence-electron chi connectivity index (χ0n) is 15.9. The molecule has 0 saturated heterocycles. The van der Waals surface area contributed by atoms with Gasteiger partial charge in [0.05, 0.1) is 6.26 Å². The lowest BCUT2D eigenvalue weighted by atomic mass is 9.94. The van der Waals surface area contributed by atoms with E-state index in [4.69, 9.17) is 9.15 Å². The summed E-state index contributed by atoms with van der Waals surface area (Å²) in [5.74, 6) is 1.36. The van der Waals surface area contributed by atoms with Gasteiger partial charge in [-0.1, -0.05) is 26.0 Å². The third-order valence-electron chi connectivity index (χ3n) is 3.88. The van der Waals surface area contributed by atoms with E-state index in [1.54, 1.807) is 6.26 Å². The molecule has 0 unspecified atom stereocenters. The second kappa shape index (κ2) is 8.24. The van der Waals surface area contributed by atoms with Crippen molar-refractivity contribution in [1.82, 2.24) is 5.32 Å². The summed E-state index contributed by atoms with van der Waals surface area (Å²) >= 11 is 0. The van der Waals surface area contributed by atoms with Gasteiger partial charge in [0, 0.05) is 12.1 Å². The van der Waals surface area contributed by atoms with Crippen molar-refractivity contribution in [2.45, 2.75) is 59.0 Å². The van der Waals surface area contributed by atoms with Crippen molar-refractivity contribution in [2.24, 2.45) is 0 Å². The van der Waals surface area contributed by atoms with Gasteiger partial charge in [-0.3, -0.25) is 0 Å². The summed E-state index contributed by atoms with van der Waals surface area (Å²) in [6.45, 7) is 10.5. The van der Waals surface area contributed by atoms with Crippen LogP contribution in [0.4, 0.5) is 4.79 Å². The first-order chi connectivity index (χ1) is 11.8. The van der Waals surface area contributed by atoms with Gasteiger partial charge in [-0.05, 0) is 68.9 Å². The van der Waals surface area contributed by atoms with Gasteiger partial charge in [-0.25, -0.2) is 4.79 Å². The molecule has 2 rings (SSSR count). The maximum absolute atomic E-state index is 11.7. The number of carbonyl (C=O) groups is 1. The number of benzene rings is 1. The van der Waals surface area contributed by atoms with Gasteiger partial charge in [-0.2, -0.15) is 0 Å². The third kappa shape index (κ3) is 5.96. The number of ether oxygens (including phenoxy) is 1. The van der Waals surface area contributed by atoms with Crippen LogP contribution in [-0.2, 0) is 11.2 Å². The average molecular weight is 343 g/mol. The highest BCUT2D eigenvalue weighted by atomic mass is 16.6. The van der Waals surface area contributed by atoms with Gasteiger partial charge in [0.25, 0.3) is 0 Å².